The van der Waals surface area contributed by atoms with E-state index < -0.39 is 186 Å². The van der Waals surface area contributed by atoms with Crippen LogP contribution in [0.4, 0.5) is 0 Å². The topological polar surface area (TPSA) is 555 Å². The van der Waals surface area contributed by atoms with E-state index in [-0.39, 0.29) is 73.6 Å². The second kappa shape index (κ2) is 40.8. The number of aromatic hydroxyl groups is 3. The molecular formula is C86H99N17O18S. The van der Waals surface area contributed by atoms with E-state index in [1.165, 1.54) is 84.6 Å². The molecule has 0 bridgehead atoms. The number of hydrogen-bond donors (Lipinski definition) is 20. The zero-order chi connectivity index (χ0) is 87.6. The number of aliphatic hydroxyl groups is 1. The summed E-state index contributed by atoms with van der Waals surface area (Å²) in [4.78, 5) is 217. The number of primary amides is 2. The van der Waals surface area contributed by atoms with Crippen molar-refractivity contribution >= 4 is 127 Å². The summed E-state index contributed by atoms with van der Waals surface area (Å²) in [5.74, 6) is -15.9. The molecule has 11 rings (SSSR count). The summed E-state index contributed by atoms with van der Waals surface area (Å²) in [6.07, 6.45) is 0.531. The van der Waals surface area contributed by atoms with Gasteiger partial charge in [0, 0.05) is 102 Å². The molecule has 36 heteroatoms. The van der Waals surface area contributed by atoms with Crippen LogP contribution in [0.25, 0.3) is 32.7 Å². The van der Waals surface area contributed by atoms with Crippen LogP contribution in [0.15, 0.2) is 164 Å². The zero-order valence-electron chi connectivity index (χ0n) is 67.2. The fourth-order valence-corrected chi connectivity index (χ4v) is 15.7. The van der Waals surface area contributed by atoms with Crippen molar-refractivity contribution in [2.45, 2.75) is 164 Å². The van der Waals surface area contributed by atoms with Crippen LogP contribution in [-0.2, 0) is 106 Å². The molecule has 0 radical (unpaired) electrons. The molecule has 642 valence electrons. The molecule has 2 aliphatic rings. The summed E-state index contributed by atoms with van der Waals surface area (Å²) in [5, 5.41) is 73.4. The molecule has 0 saturated carbocycles. The number of carbonyl (C=O) groups is 14. The van der Waals surface area contributed by atoms with Gasteiger partial charge in [-0.1, -0.05) is 105 Å². The maximum Gasteiger partial charge on any atom is 0.245 e. The van der Waals surface area contributed by atoms with Crippen molar-refractivity contribution in [2.24, 2.45) is 17.4 Å². The van der Waals surface area contributed by atoms with Gasteiger partial charge in [0.2, 0.25) is 82.7 Å². The lowest BCUT2D eigenvalue weighted by Gasteiger charge is -2.31. The lowest BCUT2D eigenvalue weighted by Crippen LogP contribution is -2.63. The van der Waals surface area contributed by atoms with Crippen LogP contribution < -0.4 is 70.0 Å². The average molecular weight is 1690 g/mol. The minimum absolute atomic E-state index is 0.0271. The molecule has 2 saturated heterocycles. The van der Waals surface area contributed by atoms with E-state index in [1.54, 1.807) is 105 Å². The molecule has 9 aromatic rings. The third-order valence-electron chi connectivity index (χ3n) is 21.3. The SMILES string of the molecule is CC(C)[C@@H]1NC(=O)[C@@H]2CCCN2C(=O)[C@H](C)NC(=O)[C@@H](Cc2ccc(O)cc2)NC(=O)CSC[C@@H](C(N)=O)NC(=O)[C@H](Cc2c[nH]c3ccccc23)NC(=O)[C@H](Cc2c[nH]c3ccccc23)NC(=O)[C@H]([C@@H](C)O)NC(=O)[C@H](Cc2ccc(O)cc2)NC(=O)[C@H](CC(N)=O)NC(=O)[C@H](Cc2c[nH]c3ccccc23)NC(=O)[C@H](Cc2ccc(O)cc2)NC1=O. The van der Waals surface area contributed by atoms with E-state index in [0.717, 1.165) is 18.7 Å². The highest BCUT2D eigenvalue weighted by molar-refractivity contribution is 8.00. The third-order valence-corrected chi connectivity index (χ3v) is 22.4. The van der Waals surface area contributed by atoms with E-state index in [2.05, 4.69) is 73.4 Å². The summed E-state index contributed by atoms with van der Waals surface area (Å²) in [5.41, 5.74) is 16.2. The van der Waals surface area contributed by atoms with Crippen LogP contribution >= 0.6 is 11.8 Å². The number of aromatic nitrogens is 3. The van der Waals surface area contributed by atoms with Gasteiger partial charge >= 0.3 is 0 Å². The number of nitrogens with zero attached hydrogens (tertiary/aromatic N) is 1. The summed E-state index contributed by atoms with van der Waals surface area (Å²) < 4.78 is 0. The maximum absolute atomic E-state index is 15.4. The largest absolute Gasteiger partial charge is 0.508 e. The van der Waals surface area contributed by atoms with Gasteiger partial charge in [-0.25, -0.2) is 0 Å². The van der Waals surface area contributed by atoms with E-state index in [4.69, 9.17) is 11.5 Å². The predicted molar refractivity (Wildman–Crippen MR) is 450 cm³/mol. The van der Waals surface area contributed by atoms with Crippen LogP contribution in [-0.4, -0.2) is 220 Å². The van der Waals surface area contributed by atoms with E-state index in [9.17, 15) is 54.0 Å². The van der Waals surface area contributed by atoms with Gasteiger partial charge in [0.25, 0.3) is 0 Å². The average Bonchev–Trinajstić information content (AvgIpc) is 1.63. The highest BCUT2D eigenvalue weighted by Crippen LogP contribution is 2.26. The maximum atomic E-state index is 15.4. The number of hydrogen-bond acceptors (Lipinski definition) is 19. The number of phenolic OH excluding ortho intramolecular Hbond substituents is 3. The fraction of sp³-hybridized carbons (Fsp3) is 0.349. The fourth-order valence-electron chi connectivity index (χ4n) is 14.8. The number of phenols is 3. The first-order valence-corrected chi connectivity index (χ1v) is 40.9. The Morgan fingerprint density at radius 1 is 0.426 bits per heavy atom. The number of thioether (sulfide) groups is 1. The van der Waals surface area contributed by atoms with Gasteiger partial charge in [-0.15, -0.1) is 11.8 Å². The van der Waals surface area contributed by atoms with Crippen LogP contribution in [0.1, 0.15) is 80.3 Å². The van der Waals surface area contributed by atoms with Crippen LogP contribution in [0.5, 0.6) is 17.2 Å². The van der Waals surface area contributed by atoms with E-state index in [0.29, 0.717) is 66.9 Å². The molecule has 22 N–H and O–H groups in total. The second-order valence-electron chi connectivity index (χ2n) is 30.8. The lowest BCUT2D eigenvalue weighted by molar-refractivity contribution is -0.142. The van der Waals surface area contributed by atoms with Crippen molar-refractivity contribution in [2.75, 3.05) is 18.1 Å². The number of benzene rings is 6. The smallest absolute Gasteiger partial charge is 0.245 e. The number of fused-ring (bicyclic) bond motifs is 4. The molecule has 2 fully saturated rings. The first-order valence-electron chi connectivity index (χ1n) is 39.8. The molecule has 3 aromatic heterocycles. The minimum Gasteiger partial charge on any atom is -0.508 e. The molecule has 122 heavy (non-hydrogen) atoms. The molecule has 5 heterocycles. The quantitative estimate of drug-likeness (QED) is 0.0590. The minimum atomic E-state index is -1.99. The summed E-state index contributed by atoms with van der Waals surface area (Å²) >= 11 is 0.825. The van der Waals surface area contributed by atoms with Crippen LogP contribution in [0, 0.1) is 5.92 Å². The standard InChI is InChI=1S/C86H99N17O18S/c1-44(2)73-84(119)98-63(33-48-21-27-54(106)28-22-48)77(112)95-65(35-50-39-89-59-15-8-5-12-56(50)59)78(113)97-68(38-71(87)108)81(116)94-64(34-49-23-29-55(107)30-24-49)82(117)102-74(46(4)104)85(120)99-67(37-52-41-91-61-17-10-7-14-58(52)61)79(114)96-66(36-51-40-90-60-16-9-6-13-57(51)60)80(115)100-69(75(88)110)42-122-43-72(109)93-62(32-47-19-25-53(105)26-20-47)76(111)92-45(3)86(121)103-31-11-18-70(103)83(118)101-73/h5-10,12-17,19-30,39-41,44-46,62-70,73-74,89-91,104-107H,11,18,31-38,42-43H2,1-4H3,(H2,87,108)(H2,88,110)(H,92,111)(H,93,109)(H,94,116)(H,95,112)(H,96,114)(H,97,113)(H,98,119)(H,99,120)(H,100,115)(H,101,118)(H,102,117)/t45-,46+,62+,63-,64-,65-,66-,67-,68-,69-,70-,73-,74-/m0/s1. The van der Waals surface area contributed by atoms with E-state index >= 15 is 33.6 Å². The Kier molecular flexibility index (Phi) is 29.8. The number of rotatable bonds is 17. The van der Waals surface area contributed by atoms with Crippen LogP contribution in [0.3, 0.4) is 0 Å². The van der Waals surface area contributed by atoms with Crippen molar-refractivity contribution in [1.82, 2.24) is 78.3 Å². The monoisotopic (exact) mass is 1690 g/mol. The first kappa shape index (κ1) is 89.0. The Morgan fingerprint density at radius 3 is 1.19 bits per heavy atom. The number of nitrogens with two attached hydrogens (primary N) is 2. The van der Waals surface area contributed by atoms with Gasteiger partial charge in [0.1, 0.15) is 89.8 Å². The number of para-hydroxylation sites is 3. The number of aromatic amines is 3. The number of amides is 14. The summed E-state index contributed by atoms with van der Waals surface area (Å²) in [6.45, 7) is 5.77. The normalized spacial score (nSPS) is 23.3. The Hall–Kier alpha value is -13.8. The highest BCUT2D eigenvalue weighted by atomic mass is 32.2. The Labute approximate surface area is 703 Å². The first-order chi connectivity index (χ1) is 58.3. The Morgan fingerprint density at radius 2 is 0.779 bits per heavy atom. The van der Waals surface area contributed by atoms with Gasteiger partial charge in [-0.05, 0) is 121 Å². The molecule has 35 nitrogen and oxygen atoms in total. The molecule has 0 spiro atoms. The molecule has 0 unspecified atom stereocenters. The van der Waals surface area contributed by atoms with Gasteiger partial charge in [-0.2, -0.15) is 0 Å². The van der Waals surface area contributed by atoms with Gasteiger partial charge in [-0.3, -0.25) is 67.1 Å². The van der Waals surface area contributed by atoms with E-state index in [1.807, 2.05) is 0 Å². The van der Waals surface area contributed by atoms with Crippen molar-refractivity contribution in [3.8, 4) is 17.2 Å². The number of H-pyrrole nitrogens is 3. The van der Waals surface area contributed by atoms with Crippen molar-refractivity contribution in [3.63, 3.8) is 0 Å². The molecule has 13 atom stereocenters. The molecule has 2 aliphatic heterocycles. The highest BCUT2D eigenvalue weighted by Gasteiger charge is 2.42. The molecule has 6 aromatic carbocycles. The second-order valence-corrected chi connectivity index (χ2v) is 31.8. The molecular weight excluding hydrogens is 1590 g/mol. The van der Waals surface area contributed by atoms with Crippen LogP contribution in [0.2, 0.25) is 0 Å². The molecule has 14 amide bonds. The number of carbonyl (C=O) groups excluding carboxylic acids is 14. The predicted octanol–water partition coefficient (Wildman–Crippen LogP) is 0.491. The molecule has 0 aliphatic carbocycles. The zero-order valence-corrected chi connectivity index (χ0v) is 68.0. The summed E-state index contributed by atoms with van der Waals surface area (Å²) in [7, 11) is 0. The number of nitrogens with one attached hydrogen (secondary N) is 14. The van der Waals surface area contributed by atoms with Gasteiger partial charge in [0.05, 0.1) is 18.3 Å². The van der Waals surface area contributed by atoms with Gasteiger partial charge in [0.15, 0.2) is 0 Å². The lowest BCUT2D eigenvalue weighted by atomic mass is 9.99. The van der Waals surface area contributed by atoms with Crippen molar-refractivity contribution in [3.05, 3.63) is 198 Å². The Balaban J connectivity index is 0.958. The number of aliphatic hydroxyl groups excluding tert-OH is 1. The van der Waals surface area contributed by atoms with Crippen molar-refractivity contribution < 1.29 is 87.5 Å². The van der Waals surface area contributed by atoms with Gasteiger partial charge < -0.3 is 110 Å². The summed E-state index contributed by atoms with van der Waals surface area (Å²) in [6, 6.07) is 18.4. The Bertz CT molecular complexity index is 5340. The third kappa shape index (κ3) is 23.4. The van der Waals surface area contributed by atoms with Crippen molar-refractivity contribution in [1.29, 1.82) is 0 Å².